The molecular formula is C15H23N3. The molecule has 1 saturated carbocycles. The Morgan fingerprint density at radius 1 is 1.28 bits per heavy atom. The van der Waals surface area contributed by atoms with Crippen LogP contribution in [0.3, 0.4) is 0 Å². The number of hydrogen-bond donors (Lipinski definition) is 1. The highest BCUT2D eigenvalue weighted by Gasteiger charge is 2.40. The highest BCUT2D eigenvalue weighted by Crippen LogP contribution is 2.36. The number of rotatable bonds is 1. The molecule has 1 aromatic heterocycles. The van der Waals surface area contributed by atoms with Gasteiger partial charge in [0.15, 0.2) is 0 Å². The lowest BCUT2D eigenvalue weighted by molar-refractivity contribution is 0.239. The van der Waals surface area contributed by atoms with Gasteiger partial charge in [0.25, 0.3) is 0 Å². The summed E-state index contributed by atoms with van der Waals surface area (Å²) in [6.07, 6.45) is 8.71. The van der Waals surface area contributed by atoms with E-state index in [0.717, 1.165) is 19.6 Å². The van der Waals surface area contributed by atoms with E-state index in [1.807, 2.05) is 6.20 Å². The lowest BCUT2D eigenvalue weighted by atomic mass is 9.79. The summed E-state index contributed by atoms with van der Waals surface area (Å²) >= 11 is 0. The lowest BCUT2D eigenvalue weighted by Gasteiger charge is -2.50. The molecule has 3 heteroatoms. The van der Waals surface area contributed by atoms with E-state index in [-0.39, 0.29) is 0 Å². The number of aryl methyl sites for hydroxylation is 1. The molecule has 3 nitrogen and oxygen atoms in total. The smallest absolute Gasteiger partial charge is 0.129 e. The van der Waals surface area contributed by atoms with Crippen molar-refractivity contribution in [1.29, 1.82) is 0 Å². The molecule has 1 aliphatic heterocycles. The molecule has 0 bridgehead atoms. The molecule has 0 amide bonds. The van der Waals surface area contributed by atoms with Gasteiger partial charge >= 0.3 is 0 Å². The van der Waals surface area contributed by atoms with Gasteiger partial charge in [-0.2, -0.15) is 0 Å². The molecule has 1 saturated heterocycles. The van der Waals surface area contributed by atoms with Crippen LogP contribution in [0.25, 0.3) is 0 Å². The van der Waals surface area contributed by atoms with Gasteiger partial charge in [-0.15, -0.1) is 0 Å². The Hall–Kier alpha value is -1.09. The third-order valence-electron chi connectivity index (χ3n) is 4.50. The summed E-state index contributed by atoms with van der Waals surface area (Å²) in [5.41, 5.74) is 1.64. The van der Waals surface area contributed by atoms with Gasteiger partial charge in [0.2, 0.25) is 0 Å². The molecule has 0 atom stereocenters. The Labute approximate surface area is 110 Å². The normalized spacial score (nSPS) is 23.3. The van der Waals surface area contributed by atoms with Crippen LogP contribution >= 0.6 is 0 Å². The maximum absolute atomic E-state index is 4.61. The minimum absolute atomic E-state index is 0.331. The molecule has 0 aromatic carbocycles. The van der Waals surface area contributed by atoms with Crippen molar-refractivity contribution in [2.45, 2.75) is 44.6 Å². The molecule has 2 fully saturated rings. The number of piperazine rings is 1. The van der Waals surface area contributed by atoms with E-state index in [0.29, 0.717) is 5.54 Å². The van der Waals surface area contributed by atoms with Crippen LogP contribution in [0.4, 0.5) is 5.82 Å². The van der Waals surface area contributed by atoms with Crippen LogP contribution in [0.1, 0.15) is 37.7 Å². The monoisotopic (exact) mass is 245 g/mol. The van der Waals surface area contributed by atoms with Crippen molar-refractivity contribution in [3.05, 3.63) is 23.9 Å². The standard InChI is InChI=1S/C15H23N3/c1-13-5-8-17-14(11-13)18-10-9-16-12-15(18)6-3-2-4-7-15/h5,8,11,16H,2-4,6-7,9-10,12H2,1H3. The summed E-state index contributed by atoms with van der Waals surface area (Å²) in [4.78, 5) is 7.19. The maximum Gasteiger partial charge on any atom is 0.129 e. The molecule has 2 aliphatic rings. The number of hydrogen-bond acceptors (Lipinski definition) is 3. The Morgan fingerprint density at radius 3 is 2.89 bits per heavy atom. The van der Waals surface area contributed by atoms with E-state index < -0.39 is 0 Å². The first-order valence-electron chi connectivity index (χ1n) is 7.21. The van der Waals surface area contributed by atoms with Crippen molar-refractivity contribution >= 4 is 5.82 Å². The topological polar surface area (TPSA) is 28.2 Å². The number of nitrogens with one attached hydrogen (secondary N) is 1. The first-order chi connectivity index (χ1) is 8.80. The van der Waals surface area contributed by atoms with Crippen LogP contribution in [0.5, 0.6) is 0 Å². The fourth-order valence-electron chi connectivity index (χ4n) is 3.53. The Bertz CT molecular complexity index is 402. The molecule has 98 valence electrons. The third kappa shape index (κ3) is 2.12. The number of aromatic nitrogens is 1. The van der Waals surface area contributed by atoms with E-state index in [1.54, 1.807) is 0 Å². The van der Waals surface area contributed by atoms with Gasteiger partial charge in [-0.3, -0.25) is 0 Å². The molecule has 18 heavy (non-hydrogen) atoms. The first kappa shape index (κ1) is 12.0. The zero-order valence-electron chi connectivity index (χ0n) is 11.3. The summed E-state index contributed by atoms with van der Waals surface area (Å²) in [7, 11) is 0. The van der Waals surface area contributed by atoms with Crippen molar-refractivity contribution in [1.82, 2.24) is 10.3 Å². The van der Waals surface area contributed by atoms with Gasteiger partial charge in [0.05, 0.1) is 5.54 Å². The summed E-state index contributed by atoms with van der Waals surface area (Å²) < 4.78 is 0. The predicted molar refractivity (Wildman–Crippen MR) is 75.0 cm³/mol. The van der Waals surface area contributed by atoms with Gasteiger partial charge in [-0.05, 0) is 37.5 Å². The minimum Gasteiger partial charge on any atom is -0.348 e. The second-order valence-corrected chi connectivity index (χ2v) is 5.80. The molecule has 0 radical (unpaired) electrons. The quantitative estimate of drug-likeness (QED) is 0.824. The van der Waals surface area contributed by atoms with Crippen molar-refractivity contribution in [2.75, 3.05) is 24.5 Å². The minimum atomic E-state index is 0.331. The summed E-state index contributed by atoms with van der Waals surface area (Å²) in [5, 5.41) is 3.59. The fraction of sp³-hybridized carbons (Fsp3) is 0.667. The van der Waals surface area contributed by atoms with E-state index >= 15 is 0 Å². The molecular weight excluding hydrogens is 222 g/mol. The summed E-state index contributed by atoms with van der Waals surface area (Å²) in [6.45, 7) is 5.46. The van der Waals surface area contributed by atoms with Crippen LogP contribution in [-0.2, 0) is 0 Å². The highest BCUT2D eigenvalue weighted by atomic mass is 15.3. The largest absolute Gasteiger partial charge is 0.348 e. The van der Waals surface area contributed by atoms with Crippen LogP contribution in [0.15, 0.2) is 18.3 Å². The van der Waals surface area contributed by atoms with Crippen molar-refractivity contribution in [3.8, 4) is 0 Å². The van der Waals surface area contributed by atoms with Gasteiger partial charge in [-0.25, -0.2) is 4.98 Å². The number of pyridine rings is 1. The molecule has 1 aromatic rings. The van der Waals surface area contributed by atoms with Gasteiger partial charge < -0.3 is 10.2 Å². The van der Waals surface area contributed by atoms with Crippen LogP contribution in [-0.4, -0.2) is 30.2 Å². The average molecular weight is 245 g/mol. The SMILES string of the molecule is Cc1ccnc(N2CCNCC23CCCCC3)c1. The van der Waals surface area contributed by atoms with E-state index in [4.69, 9.17) is 0 Å². The average Bonchev–Trinajstić information content (AvgIpc) is 2.40. The van der Waals surface area contributed by atoms with Crippen LogP contribution in [0.2, 0.25) is 0 Å². The molecule has 2 heterocycles. The molecule has 1 N–H and O–H groups in total. The van der Waals surface area contributed by atoms with E-state index in [9.17, 15) is 0 Å². The molecule has 3 rings (SSSR count). The first-order valence-corrected chi connectivity index (χ1v) is 7.21. The van der Waals surface area contributed by atoms with Crippen molar-refractivity contribution < 1.29 is 0 Å². The van der Waals surface area contributed by atoms with Gasteiger partial charge in [-0.1, -0.05) is 19.3 Å². The van der Waals surface area contributed by atoms with Gasteiger partial charge in [0, 0.05) is 25.8 Å². The Morgan fingerprint density at radius 2 is 2.11 bits per heavy atom. The number of anilines is 1. The second-order valence-electron chi connectivity index (χ2n) is 5.80. The van der Waals surface area contributed by atoms with Crippen LogP contribution < -0.4 is 10.2 Å². The lowest BCUT2D eigenvalue weighted by Crippen LogP contribution is -2.62. The van der Waals surface area contributed by atoms with Crippen LogP contribution in [0, 0.1) is 6.92 Å². The fourth-order valence-corrected chi connectivity index (χ4v) is 3.53. The van der Waals surface area contributed by atoms with Crippen molar-refractivity contribution in [2.24, 2.45) is 0 Å². The molecule has 1 spiro atoms. The zero-order chi connectivity index (χ0) is 12.4. The third-order valence-corrected chi connectivity index (χ3v) is 4.50. The summed E-state index contributed by atoms with van der Waals surface area (Å²) in [6, 6.07) is 4.32. The summed E-state index contributed by atoms with van der Waals surface area (Å²) in [5.74, 6) is 1.18. The molecule has 0 unspecified atom stereocenters. The predicted octanol–water partition coefficient (Wildman–Crippen LogP) is 2.50. The Balaban J connectivity index is 1.91. The van der Waals surface area contributed by atoms with E-state index in [2.05, 4.69) is 34.3 Å². The van der Waals surface area contributed by atoms with E-state index in [1.165, 1.54) is 43.5 Å². The number of nitrogens with zero attached hydrogens (tertiary/aromatic N) is 2. The highest BCUT2D eigenvalue weighted by molar-refractivity contribution is 5.45. The zero-order valence-corrected chi connectivity index (χ0v) is 11.3. The van der Waals surface area contributed by atoms with Crippen molar-refractivity contribution in [3.63, 3.8) is 0 Å². The second kappa shape index (κ2) is 4.88. The maximum atomic E-state index is 4.61. The Kier molecular flexibility index (Phi) is 3.25. The van der Waals surface area contributed by atoms with Gasteiger partial charge in [0.1, 0.15) is 5.82 Å². The molecule has 1 aliphatic carbocycles.